The average Bonchev–Trinajstić information content (AvgIpc) is 3.55. The molecule has 5 aromatic carbocycles. The molecule has 1 aliphatic heterocycles. The van der Waals surface area contributed by atoms with Crippen molar-refractivity contribution in [3.05, 3.63) is 125 Å². The van der Waals surface area contributed by atoms with Gasteiger partial charge in [-0.1, -0.05) is 42.5 Å². The van der Waals surface area contributed by atoms with Crippen molar-refractivity contribution < 1.29 is 52.2 Å². The number of rotatable bonds is 19. The van der Waals surface area contributed by atoms with Crippen LogP contribution in [0.25, 0.3) is 28.0 Å². The van der Waals surface area contributed by atoms with Crippen molar-refractivity contribution in [1.82, 2.24) is 5.32 Å². The highest BCUT2D eigenvalue weighted by Gasteiger charge is 2.47. The van der Waals surface area contributed by atoms with Crippen molar-refractivity contribution in [2.45, 2.75) is 25.0 Å². The first kappa shape index (κ1) is 42.9. The first-order valence-corrected chi connectivity index (χ1v) is 20.1. The molecular formula is C49H53NO11. The Morgan fingerprint density at radius 2 is 1.39 bits per heavy atom. The molecule has 12 heteroatoms. The van der Waals surface area contributed by atoms with Crippen molar-refractivity contribution >= 4 is 22.9 Å². The summed E-state index contributed by atoms with van der Waals surface area (Å²) in [6.45, 7) is 9.67. The van der Waals surface area contributed by atoms with Gasteiger partial charge in [-0.05, 0) is 96.6 Å². The summed E-state index contributed by atoms with van der Waals surface area (Å²) < 4.78 is 59.6. The van der Waals surface area contributed by atoms with E-state index in [2.05, 4.69) is 43.1 Å². The number of alkyl carbamates (subject to hydrolysis) is 1. The molecule has 0 fully saturated rings. The molecule has 0 spiro atoms. The lowest BCUT2D eigenvalue weighted by molar-refractivity contribution is -0.0385. The summed E-state index contributed by atoms with van der Waals surface area (Å²) in [6, 6.07) is 25.8. The first-order chi connectivity index (χ1) is 29.6. The van der Waals surface area contributed by atoms with Gasteiger partial charge in [0.2, 0.25) is 0 Å². The van der Waals surface area contributed by atoms with E-state index in [1.165, 1.54) is 0 Å². The highest BCUT2D eigenvalue weighted by molar-refractivity contribution is 6.08. The van der Waals surface area contributed by atoms with Crippen molar-refractivity contribution in [3.8, 4) is 45.6 Å². The van der Waals surface area contributed by atoms with Gasteiger partial charge in [0.15, 0.2) is 17.1 Å². The fourth-order valence-corrected chi connectivity index (χ4v) is 8.08. The number of carbonyl (C=O) groups excluding carboxylic acids is 1. The molecule has 2 unspecified atom stereocenters. The molecule has 0 aromatic heterocycles. The second kappa shape index (κ2) is 18.6. The molecule has 1 heterocycles. The number of fused-ring (bicyclic) bond motifs is 8. The van der Waals surface area contributed by atoms with Crippen molar-refractivity contribution in [1.29, 1.82) is 0 Å². The van der Waals surface area contributed by atoms with Gasteiger partial charge in [-0.3, -0.25) is 0 Å². The smallest absolute Gasteiger partial charge is 0.407 e. The number of methoxy groups -OCH3 is 5. The normalized spacial score (nSPS) is 17.1. The van der Waals surface area contributed by atoms with E-state index in [-0.39, 0.29) is 26.4 Å². The summed E-state index contributed by atoms with van der Waals surface area (Å²) >= 11 is 0. The zero-order valence-corrected chi connectivity index (χ0v) is 35.8. The van der Waals surface area contributed by atoms with Crippen LogP contribution in [-0.4, -0.2) is 87.8 Å². The summed E-state index contributed by atoms with van der Waals surface area (Å²) in [4.78, 5) is 12.1. The predicted molar refractivity (Wildman–Crippen MR) is 234 cm³/mol. The van der Waals surface area contributed by atoms with E-state index in [1.54, 1.807) is 35.5 Å². The predicted octanol–water partition coefficient (Wildman–Crippen LogP) is 8.83. The maximum atomic E-state index is 12.1. The fourth-order valence-electron chi connectivity index (χ4n) is 8.08. The third kappa shape index (κ3) is 8.43. The van der Waals surface area contributed by atoms with Gasteiger partial charge in [-0.15, -0.1) is 0 Å². The number of amides is 1. The van der Waals surface area contributed by atoms with E-state index >= 15 is 0 Å². The molecule has 1 aliphatic carbocycles. The molecule has 7 rings (SSSR count). The minimum absolute atomic E-state index is 0.0830. The molecule has 2 atom stereocenters. The van der Waals surface area contributed by atoms with Crippen LogP contribution in [0.5, 0.6) is 34.5 Å². The summed E-state index contributed by atoms with van der Waals surface area (Å²) in [6.07, 6.45) is 3.68. The Morgan fingerprint density at radius 1 is 0.705 bits per heavy atom. The number of ether oxygens (including phenoxy) is 10. The number of carbonyl (C=O) groups is 1. The number of benzene rings is 5. The lowest BCUT2D eigenvalue weighted by Gasteiger charge is -2.39. The standard InChI is InChI=1S/C49H53NO11/c1-31(2)30-58-22-21-50-47(51)59-25-23-57-24-26-60-48(3)41-29-36(54-6)15-17-38(41)44-37-16-14-35(53-5)28-40(37)46-39(45(44)48)19-20-49(61-46,32-9-12-34(52-4)13-10-32)33-11-18-42(55-7)43(27-33)56-8/h9-20,27-29H,1,21-26,30H2,2-8H3,(H,50,51). The Labute approximate surface area is 356 Å². The van der Waals surface area contributed by atoms with Crippen LogP contribution in [0.3, 0.4) is 0 Å². The average molecular weight is 832 g/mol. The summed E-state index contributed by atoms with van der Waals surface area (Å²) in [5.74, 6) is 3.94. The minimum atomic E-state index is -1.11. The van der Waals surface area contributed by atoms with Gasteiger partial charge in [0, 0.05) is 34.2 Å². The van der Waals surface area contributed by atoms with Gasteiger partial charge in [0.25, 0.3) is 0 Å². The van der Waals surface area contributed by atoms with Gasteiger partial charge in [0.05, 0.1) is 68.6 Å². The second-order valence-corrected chi connectivity index (χ2v) is 14.9. The molecular weight excluding hydrogens is 779 g/mol. The van der Waals surface area contributed by atoms with E-state index < -0.39 is 17.3 Å². The van der Waals surface area contributed by atoms with E-state index in [4.69, 9.17) is 47.4 Å². The van der Waals surface area contributed by atoms with Crippen LogP contribution < -0.4 is 33.7 Å². The van der Waals surface area contributed by atoms with Gasteiger partial charge < -0.3 is 52.7 Å². The lowest BCUT2D eigenvalue weighted by Crippen LogP contribution is -2.35. The fraction of sp³-hybridized carbons (Fsp3) is 0.327. The maximum Gasteiger partial charge on any atom is 0.407 e. The summed E-state index contributed by atoms with van der Waals surface area (Å²) in [5, 5.41) is 4.50. The van der Waals surface area contributed by atoms with E-state index in [9.17, 15) is 4.79 Å². The van der Waals surface area contributed by atoms with Gasteiger partial charge in [-0.25, -0.2) is 4.79 Å². The second-order valence-electron chi connectivity index (χ2n) is 14.9. The zero-order valence-electron chi connectivity index (χ0n) is 35.8. The van der Waals surface area contributed by atoms with E-state index in [0.29, 0.717) is 48.5 Å². The molecule has 61 heavy (non-hydrogen) atoms. The van der Waals surface area contributed by atoms with Crippen LogP contribution in [-0.2, 0) is 30.1 Å². The molecule has 0 bridgehead atoms. The Balaban J connectivity index is 1.25. The maximum absolute atomic E-state index is 12.1. The topological polar surface area (TPSA) is 121 Å². The Bertz CT molecular complexity index is 2430. The van der Waals surface area contributed by atoms with Crippen molar-refractivity contribution in [2.75, 3.05) is 81.7 Å². The van der Waals surface area contributed by atoms with Crippen molar-refractivity contribution in [2.24, 2.45) is 0 Å². The molecule has 5 aromatic rings. The van der Waals surface area contributed by atoms with Crippen LogP contribution in [0.2, 0.25) is 0 Å². The van der Waals surface area contributed by atoms with Crippen molar-refractivity contribution in [3.63, 3.8) is 0 Å². The SMILES string of the molecule is C=C(C)COCCNC(=O)OCCOCCOC1(C)c2cc(OC)ccc2-c2c1c1c(c3cc(OC)ccc23)OC(c2ccc(OC)cc2)(c2ccc(OC)c(OC)c2)C=C1. The minimum Gasteiger partial charge on any atom is -0.497 e. The highest BCUT2D eigenvalue weighted by atomic mass is 16.6. The van der Waals surface area contributed by atoms with Crippen LogP contribution >= 0.6 is 0 Å². The van der Waals surface area contributed by atoms with Crippen LogP contribution in [0, 0.1) is 0 Å². The third-order valence-corrected chi connectivity index (χ3v) is 11.0. The van der Waals surface area contributed by atoms with E-state index in [0.717, 1.165) is 61.0 Å². The quantitative estimate of drug-likeness (QED) is 0.0635. The third-order valence-electron chi connectivity index (χ3n) is 11.0. The molecule has 1 amide bonds. The molecule has 0 saturated heterocycles. The molecule has 0 radical (unpaired) electrons. The zero-order chi connectivity index (χ0) is 43.1. The summed E-state index contributed by atoms with van der Waals surface area (Å²) in [5.41, 5.74) is 5.33. The molecule has 2 aliphatic rings. The monoisotopic (exact) mass is 831 g/mol. The van der Waals surface area contributed by atoms with Gasteiger partial charge in [-0.2, -0.15) is 0 Å². The van der Waals surface area contributed by atoms with Crippen LogP contribution in [0.15, 0.2) is 97.1 Å². The molecule has 0 saturated carbocycles. The Morgan fingerprint density at radius 3 is 2.11 bits per heavy atom. The summed E-state index contributed by atoms with van der Waals surface area (Å²) in [7, 11) is 8.19. The molecule has 12 nitrogen and oxygen atoms in total. The lowest BCUT2D eigenvalue weighted by atomic mass is 9.80. The van der Waals surface area contributed by atoms with Gasteiger partial charge >= 0.3 is 6.09 Å². The van der Waals surface area contributed by atoms with Crippen LogP contribution in [0.4, 0.5) is 4.79 Å². The molecule has 320 valence electrons. The number of nitrogens with one attached hydrogen (secondary N) is 1. The number of hydrogen-bond donors (Lipinski definition) is 1. The Kier molecular flexibility index (Phi) is 13.1. The van der Waals surface area contributed by atoms with Gasteiger partial charge in [0.1, 0.15) is 35.2 Å². The van der Waals surface area contributed by atoms with Crippen LogP contribution in [0.1, 0.15) is 41.7 Å². The highest BCUT2D eigenvalue weighted by Crippen LogP contribution is 2.59. The Hall–Kier alpha value is -6.21. The van der Waals surface area contributed by atoms with E-state index in [1.807, 2.05) is 73.7 Å². The number of hydrogen-bond acceptors (Lipinski definition) is 11. The first-order valence-electron chi connectivity index (χ1n) is 20.1. The largest absolute Gasteiger partial charge is 0.497 e. The molecule has 1 N–H and O–H groups in total.